The maximum atomic E-state index is 12.3. The van der Waals surface area contributed by atoms with Crippen LogP contribution in [0.15, 0.2) is 48.5 Å². The number of ketones is 1. The molecule has 0 aliphatic carbocycles. The first-order valence-corrected chi connectivity index (χ1v) is 9.64. The Morgan fingerprint density at radius 2 is 1.46 bits per heavy atom. The second kappa shape index (κ2) is 9.37. The molecule has 0 radical (unpaired) electrons. The molecule has 3 amide bonds. The van der Waals surface area contributed by atoms with Crippen molar-refractivity contribution in [3.63, 3.8) is 0 Å². The van der Waals surface area contributed by atoms with Gasteiger partial charge in [0.05, 0.1) is 11.4 Å². The summed E-state index contributed by atoms with van der Waals surface area (Å²) >= 11 is 5.82. The highest BCUT2D eigenvalue weighted by molar-refractivity contribution is 6.30. The molecule has 146 valence electrons. The fourth-order valence-corrected chi connectivity index (χ4v) is 3.16. The Labute approximate surface area is 168 Å². The maximum Gasteiger partial charge on any atom is 0.321 e. The van der Waals surface area contributed by atoms with Crippen LogP contribution in [-0.2, 0) is 4.79 Å². The number of para-hydroxylation sites is 2. The van der Waals surface area contributed by atoms with Gasteiger partial charge in [-0.15, -0.1) is 0 Å². The second-order valence-corrected chi connectivity index (χ2v) is 7.08. The Hall–Kier alpha value is -2.86. The molecule has 0 atom stereocenters. The lowest BCUT2D eigenvalue weighted by Gasteiger charge is -2.18. The molecule has 0 aromatic heterocycles. The summed E-state index contributed by atoms with van der Waals surface area (Å²) in [5.41, 5.74) is 1.58. The number of hydrogen-bond acceptors (Lipinski definition) is 3. The highest BCUT2D eigenvalue weighted by atomic mass is 35.5. The fourth-order valence-electron chi connectivity index (χ4n) is 3.04. The van der Waals surface area contributed by atoms with Gasteiger partial charge >= 0.3 is 6.03 Å². The first-order valence-electron chi connectivity index (χ1n) is 9.26. The van der Waals surface area contributed by atoms with Gasteiger partial charge in [-0.25, -0.2) is 4.79 Å². The van der Waals surface area contributed by atoms with Gasteiger partial charge in [-0.05, 0) is 49.2 Å². The molecule has 7 heteroatoms. The van der Waals surface area contributed by atoms with Crippen LogP contribution in [0.1, 0.15) is 36.0 Å². The number of rotatable bonds is 6. The molecule has 2 aromatic carbocycles. The summed E-state index contributed by atoms with van der Waals surface area (Å²) in [4.78, 5) is 38.5. The first kappa shape index (κ1) is 19.9. The first-order chi connectivity index (χ1) is 13.5. The van der Waals surface area contributed by atoms with E-state index < -0.39 is 0 Å². The van der Waals surface area contributed by atoms with Crippen LogP contribution in [0.3, 0.4) is 0 Å². The van der Waals surface area contributed by atoms with E-state index in [0.29, 0.717) is 22.0 Å². The van der Waals surface area contributed by atoms with E-state index in [2.05, 4.69) is 10.6 Å². The number of halogens is 1. The molecule has 0 spiro atoms. The molecule has 0 bridgehead atoms. The smallest absolute Gasteiger partial charge is 0.321 e. The molecule has 2 N–H and O–H groups in total. The Morgan fingerprint density at radius 3 is 2.11 bits per heavy atom. The molecule has 2 aromatic rings. The number of urea groups is 1. The van der Waals surface area contributed by atoms with Gasteiger partial charge in [0.2, 0.25) is 5.91 Å². The molecular weight excluding hydrogens is 378 g/mol. The maximum absolute atomic E-state index is 12.3. The molecule has 0 saturated carbocycles. The second-order valence-electron chi connectivity index (χ2n) is 6.65. The van der Waals surface area contributed by atoms with Crippen molar-refractivity contribution in [3.8, 4) is 0 Å². The molecule has 28 heavy (non-hydrogen) atoms. The number of hydrogen-bond donors (Lipinski definition) is 2. The zero-order valence-electron chi connectivity index (χ0n) is 15.4. The third-order valence-electron chi connectivity index (χ3n) is 4.58. The third kappa shape index (κ3) is 5.33. The van der Waals surface area contributed by atoms with Gasteiger partial charge in [-0.1, -0.05) is 23.7 Å². The Balaban J connectivity index is 1.55. The van der Waals surface area contributed by atoms with Crippen molar-refractivity contribution in [1.29, 1.82) is 0 Å². The largest absolute Gasteiger partial charge is 0.325 e. The fraction of sp³-hybridized carbons (Fsp3) is 0.286. The lowest BCUT2D eigenvalue weighted by atomic mass is 10.1. The van der Waals surface area contributed by atoms with Crippen molar-refractivity contribution in [2.24, 2.45) is 0 Å². The summed E-state index contributed by atoms with van der Waals surface area (Å²) in [6.07, 6.45) is 2.16. The van der Waals surface area contributed by atoms with Gasteiger partial charge in [-0.3, -0.25) is 9.59 Å². The van der Waals surface area contributed by atoms with E-state index in [9.17, 15) is 14.4 Å². The summed E-state index contributed by atoms with van der Waals surface area (Å²) in [7, 11) is 0. The average Bonchev–Trinajstić information content (AvgIpc) is 3.23. The number of anilines is 2. The minimum atomic E-state index is -0.287. The van der Waals surface area contributed by atoms with Crippen molar-refractivity contribution in [2.45, 2.75) is 25.7 Å². The molecule has 6 nitrogen and oxygen atoms in total. The standard InChI is InChI=1S/C21H22ClN3O3/c22-16-9-7-15(8-10-16)19(26)11-12-20(27)23-17-5-1-2-6-18(17)24-21(28)25-13-3-4-14-25/h1-2,5-10H,3-4,11-14H2,(H,23,27)(H,24,28). The Bertz CT molecular complexity index is 861. The molecule has 1 heterocycles. The normalized spacial score (nSPS) is 13.2. The molecule has 1 aliphatic heterocycles. The number of carbonyl (C=O) groups excluding carboxylic acids is 3. The van der Waals surface area contributed by atoms with Gasteiger partial charge < -0.3 is 15.5 Å². The molecule has 0 unspecified atom stereocenters. The lowest BCUT2D eigenvalue weighted by molar-refractivity contribution is -0.116. The van der Waals surface area contributed by atoms with Crippen LogP contribution in [0.2, 0.25) is 5.02 Å². The topological polar surface area (TPSA) is 78.5 Å². The van der Waals surface area contributed by atoms with Crippen LogP contribution in [0.25, 0.3) is 0 Å². The lowest BCUT2D eigenvalue weighted by Crippen LogP contribution is -2.32. The number of Topliss-reactive ketones (excluding diaryl/α,β-unsaturated/α-hetero) is 1. The van der Waals surface area contributed by atoms with Crippen molar-refractivity contribution >= 4 is 40.7 Å². The number of likely N-dealkylation sites (tertiary alicyclic amines) is 1. The van der Waals surface area contributed by atoms with E-state index in [1.807, 2.05) is 0 Å². The van der Waals surface area contributed by atoms with Crippen molar-refractivity contribution in [2.75, 3.05) is 23.7 Å². The van der Waals surface area contributed by atoms with Gasteiger partial charge in [0.25, 0.3) is 0 Å². The zero-order chi connectivity index (χ0) is 19.9. The van der Waals surface area contributed by atoms with Crippen molar-refractivity contribution in [3.05, 3.63) is 59.1 Å². The summed E-state index contributed by atoms with van der Waals surface area (Å²) in [6, 6.07) is 13.4. The highest BCUT2D eigenvalue weighted by Gasteiger charge is 2.19. The van der Waals surface area contributed by atoms with Crippen LogP contribution >= 0.6 is 11.6 Å². The number of benzene rings is 2. The SMILES string of the molecule is O=C(CCC(=O)c1ccc(Cl)cc1)Nc1ccccc1NC(=O)N1CCCC1. The molecule has 1 aliphatic rings. The predicted molar refractivity (Wildman–Crippen MR) is 110 cm³/mol. The van der Waals surface area contributed by atoms with Gasteiger partial charge in [0.15, 0.2) is 5.78 Å². The number of carbonyl (C=O) groups is 3. The van der Waals surface area contributed by atoms with Gasteiger partial charge in [0, 0.05) is 36.5 Å². The van der Waals surface area contributed by atoms with E-state index in [0.717, 1.165) is 25.9 Å². The van der Waals surface area contributed by atoms with Crippen LogP contribution in [0, 0.1) is 0 Å². The van der Waals surface area contributed by atoms with E-state index >= 15 is 0 Å². The van der Waals surface area contributed by atoms with Crippen molar-refractivity contribution in [1.82, 2.24) is 4.90 Å². The zero-order valence-corrected chi connectivity index (χ0v) is 16.2. The van der Waals surface area contributed by atoms with Gasteiger partial charge in [-0.2, -0.15) is 0 Å². The van der Waals surface area contributed by atoms with Gasteiger partial charge in [0.1, 0.15) is 0 Å². The van der Waals surface area contributed by atoms with E-state index in [-0.39, 0.29) is 30.6 Å². The highest BCUT2D eigenvalue weighted by Crippen LogP contribution is 2.22. The van der Waals surface area contributed by atoms with Crippen LogP contribution < -0.4 is 10.6 Å². The number of amides is 3. The molecule has 3 rings (SSSR count). The Morgan fingerprint density at radius 1 is 0.857 bits per heavy atom. The van der Waals surface area contributed by atoms with E-state index in [1.54, 1.807) is 53.4 Å². The number of nitrogens with one attached hydrogen (secondary N) is 2. The van der Waals surface area contributed by atoms with Crippen molar-refractivity contribution < 1.29 is 14.4 Å². The van der Waals surface area contributed by atoms with Crippen LogP contribution in [0.4, 0.5) is 16.2 Å². The van der Waals surface area contributed by atoms with E-state index in [1.165, 1.54) is 0 Å². The Kier molecular flexibility index (Phi) is 6.66. The molecular formula is C21H22ClN3O3. The minimum Gasteiger partial charge on any atom is -0.325 e. The summed E-state index contributed by atoms with van der Waals surface area (Å²) in [6.45, 7) is 1.49. The molecule has 1 saturated heterocycles. The quantitative estimate of drug-likeness (QED) is 0.698. The summed E-state index contributed by atoms with van der Waals surface area (Å²) in [5, 5.41) is 6.18. The number of nitrogens with zero attached hydrogens (tertiary/aromatic N) is 1. The van der Waals surface area contributed by atoms with E-state index in [4.69, 9.17) is 11.6 Å². The monoisotopic (exact) mass is 399 g/mol. The van der Waals surface area contributed by atoms with Crippen LogP contribution in [-0.4, -0.2) is 35.7 Å². The third-order valence-corrected chi connectivity index (χ3v) is 4.83. The van der Waals surface area contributed by atoms with Crippen LogP contribution in [0.5, 0.6) is 0 Å². The summed E-state index contributed by atoms with van der Waals surface area (Å²) in [5.74, 6) is -0.410. The average molecular weight is 400 g/mol. The molecule has 1 fully saturated rings. The minimum absolute atomic E-state index is 0.0515. The summed E-state index contributed by atoms with van der Waals surface area (Å²) < 4.78 is 0. The predicted octanol–water partition coefficient (Wildman–Crippen LogP) is 4.57.